The van der Waals surface area contributed by atoms with E-state index in [1.807, 2.05) is 0 Å². The third-order valence-electron chi connectivity index (χ3n) is 6.12. The Balaban J connectivity index is 1.47. The highest BCUT2D eigenvalue weighted by molar-refractivity contribution is 7.90. The minimum absolute atomic E-state index is 0.00635. The number of hydrogen-bond donors (Lipinski definition) is 1. The van der Waals surface area contributed by atoms with E-state index < -0.39 is 15.7 Å². The van der Waals surface area contributed by atoms with Crippen LogP contribution < -0.4 is 5.32 Å². The first-order valence-corrected chi connectivity index (χ1v) is 14.2. The Kier molecular flexibility index (Phi) is 7.97. The average molecular weight is 506 g/mol. The fraction of sp³-hybridized carbons (Fsp3) is 0.522. The molecule has 4 rings (SSSR count). The largest absolute Gasteiger partial charge is 0.392 e. The van der Waals surface area contributed by atoms with Crippen molar-refractivity contribution in [2.24, 2.45) is 5.16 Å². The Morgan fingerprint density at radius 2 is 1.85 bits per heavy atom. The molecule has 2 heterocycles. The van der Waals surface area contributed by atoms with E-state index in [2.05, 4.69) is 32.3 Å². The van der Waals surface area contributed by atoms with Gasteiger partial charge in [0.25, 0.3) is 5.91 Å². The molecule has 11 heteroatoms. The molecule has 0 radical (unpaired) electrons. The van der Waals surface area contributed by atoms with Gasteiger partial charge in [0.2, 0.25) is 0 Å². The van der Waals surface area contributed by atoms with E-state index in [4.69, 9.17) is 4.84 Å². The van der Waals surface area contributed by atoms with Crippen molar-refractivity contribution in [1.82, 2.24) is 14.8 Å². The maximum Gasteiger partial charge on any atom is 0.280 e. The second-order valence-corrected chi connectivity index (χ2v) is 12.0. The van der Waals surface area contributed by atoms with E-state index in [0.29, 0.717) is 10.7 Å². The number of carbonyl (C=O) groups excluding carboxylic acids is 1. The number of rotatable bonds is 8. The number of oxime groups is 1. The molecule has 2 fully saturated rings. The third-order valence-corrected chi connectivity index (χ3v) is 8.14. The van der Waals surface area contributed by atoms with Crippen LogP contribution in [0.3, 0.4) is 0 Å². The number of hydrogen-bond acceptors (Lipinski definition) is 9. The van der Waals surface area contributed by atoms with Crippen molar-refractivity contribution in [2.75, 3.05) is 44.8 Å². The molecule has 184 valence electrons. The lowest BCUT2D eigenvalue weighted by Gasteiger charge is -2.31. The third kappa shape index (κ3) is 6.62. The summed E-state index contributed by atoms with van der Waals surface area (Å²) in [4.78, 5) is 29.1. The highest BCUT2D eigenvalue weighted by Gasteiger charge is 2.22. The molecule has 1 aliphatic carbocycles. The van der Waals surface area contributed by atoms with Gasteiger partial charge >= 0.3 is 0 Å². The Morgan fingerprint density at radius 1 is 1.18 bits per heavy atom. The first-order chi connectivity index (χ1) is 16.3. The van der Waals surface area contributed by atoms with Crippen LogP contribution in [0.2, 0.25) is 0 Å². The standard InChI is InChI=1S/C23H31N5O4S2/c1-27-11-13-28(14-12-27)16-19-15-24-23(33-19)25-22(29)21(26-32-18-5-3-4-6-18)17-7-9-20(10-8-17)34(2,30)31/h7-10,15,18H,3-6,11-14,16H2,1-2H3,(H,24,25,29)/b26-21+. The molecule has 1 saturated heterocycles. The summed E-state index contributed by atoms with van der Waals surface area (Å²) in [5.74, 6) is -0.439. The van der Waals surface area contributed by atoms with E-state index >= 15 is 0 Å². The number of nitrogens with zero attached hydrogens (tertiary/aromatic N) is 4. The van der Waals surface area contributed by atoms with Gasteiger partial charge in [-0.05, 0) is 44.9 Å². The number of anilines is 1. The zero-order valence-corrected chi connectivity index (χ0v) is 21.2. The predicted molar refractivity (Wildman–Crippen MR) is 133 cm³/mol. The van der Waals surface area contributed by atoms with E-state index in [0.717, 1.165) is 69.5 Å². The van der Waals surface area contributed by atoms with Crippen molar-refractivity contribution >= 4 is 37.9 Å². The van der Waals surface area contributed by atoms with Crippen molar-refractivity contribution in [2.45, 2.75) is 43.2 Å². The number of aromatic nitrogens is 1. The molecular weight excluding hydrogens is 474 g/mol. The monoisotopic (exact) mass is 505 g/mol. The summed E-state index contributed by atoms with van der Waals surface area (Å²) in [6, 6.07) is 6.10. The van der Waals surface area contributed by atoms with E-state index in [9.17, 15) is 13.2 Å². The highest BCUT2D eigenvalue weighted by atomic mass is 32.2. The van der Waals surface area contributed by atoms with Crippen LogP contribution in [0.5, 0.6) is 0 Å². The molecule has 1 saturated carbocycles. The number of amides is 1. The molecule has 34 heavy (non-hydrogen) atoms. The van der Waals surface area contributed by atoms with Gasteiger partial charge in [-0.15, -0.1) is 11.3 Å². The second-order valence-electron chi connectivity index (χ2n) is 8.91. The van der Waals surface area contributed by atoms with Crippen LogP contribution in [0.1, 0.15) is 36.1 Å². The smallest absolute Gasteiger partial charge is 0.280 e. The van der Waals surface area contributed by atoms with Crippen molar-refractivity contribution in [1.29, 1.82) is 0 Å². The topological polar surface area (TPSA) is 104 Å². The number of thiazole rings is 1. The van der Waals surface area contributed by atoms with Gasteiger partial charge in [0, 0.05) is 55.6 Å². The summed E-state index contributed by atoms with van der Waals surface area (Å²) in [7, 11) is -1.21. The molecule has 1 aromatic carbocycles. The van der Waals surface area contributed by atoms with Crippen molar-refractivity contribution < 1.29 is 18.0 Å². The highest BCUT2D eigenvalue weighted by Crippen LogP contribution is 2.23. The fourth-order valence-corrected chi connectivity index (χ4v) is 5.51. The van der Waals surface area contributed by atoms with Gasteiger partial charge in [-0.25, -0.2) is 13.4 Å². The fourth-order valence-electron chi connectivity index (χ4n) is 4.03. The number of carbonyl (C=O) groups is 1. The Bertz CT molecular complexity index is 1120. The molecule has 2 aliphatic rings. The lowest BCUT2D eigenvalue weighted by atomic mass is 10.1. The van der Waals surface area contributed by atoms with E-state index in [-0.39, 0.29) is 16.7 Å². The van der Waals surface area contributed by atoms with Gasteiger partial charge in [0.1, 0.15) is 6.10 Å². The minimum atomic E-state index is -3.34. The van der Waals surface area contributed by atoms with Crippen LogP contribution in [0.15, 0.2) is 40.5 Å². The zero-order chi connectivity index (χ0) is 24.1. The molecule has 0 spiro atoms. The van der Waals surface area contributed by atoms with Crippen LogP contribution in [0, 0.1) is 0 Å². The summed E-state index contributed by atoms with van der Waals surface area (Å²) in [6.07, 6.45) is 6.93. The van der Waals surface area contributed by atoms with Crippen LogP contribution >= 0.6 is 11.3 Å². The summed E-state index contributed by atoms with van der Waals surface area (Å²) in [6.45, 7) is 4.91. The number of likely N-dealkylation sites (N-methyl/N-ethyl adjacent to an activating group) is 1. The van der Waals surface area contributed by atoms with E-state index in [1.54, 1.807) is 18.3 Å². The normalized spacial score (nSPS) is 18.8. The van der Waals surface area contributed by atoms with Crippen LogP contribution in [-0.2, 0) is 26.0 Å². The molecule has 1 aliphatic heterocycles. The predicted octanol–water partition coefficient (Wildman–Crippen LogP) is 2.60. The molecule has 0 unspecified atom stereocenters. The number of piperazine rings is 1. The average Bonchev–Trinajstić information content (AvgIpc) is 3.47. The maximum atomic E-state index is 13.1. The van der Waals surface area contributed by atoms with Gasteiger partial charge in [-0.2, -0.15) is 0 Å². The quantitative estimate of drug-likeness (QED) is 0.434. The Hall–Kier alpha value is -2.34. The SMILES string of the molecule is CN1CCN(Cc2cnc(NC(=O)/C(=N/OC3CCCC3)c3ccc(S(C)(=O)=O)cc3)s2)CC1. The van der Waals surface area contributed by atoms with Crippen molar-refractivity contribution in [3.63, 3.8) is 0 Å². The molecule has 2 aromatic rings. The summed E-state index contributed by atoms with van der Waals surface area (Å²) in [5.41, 5.74) is 0.583. The van der Waals surface area contributed by atoms with Crippen molar-refractivity contribution in [3.05, 3.63) is 40.9 Å². The number of sulfone groups is 1. The first kappa shape index (κ1) is 24.8. The van der Waals surface area contributed by atoms with Crippen LogP contribution in [0.4, 0.5) is 5.13 Å². The number of nitrogens with one attached hydrogen (secondary N) is 1. The molecule has 1 N–H and O–H groups in total. The van der Waals surface area contributed by atoms with Crippen molar-refractivity contribution in [3.8, 4) is 0 Å². The van der Waals surface area contributed by atoms with E-state index in [1.165, 1.54) is 23.5 Å². The Morgan fingerprint density at radius 3 is 2.50 bits per heavy atom. The second kappa shape index (κ2) is 10.9. The molecule has 1 amide bonds. The number of benzene rings is 1. The van der Waals surface area contributed by atoms with Crippen LogP contribution in [0.25, 0.3) is 0 Å². The molecule has 9 nitrogen and oxygen atoms in total. The first-order valence-electron chi connectivity index (χ1n) is 11.5. The summed E-state index contributed by atoms with van der Waals surface area (Å²) >= 11 is 1.44. The van der Waals surface area contributed by atoms with Gasteiger partial charge < -0.3 is 9.74 Å². The van der Waals surface area contributed by atoms with Gasteiger partial charge in [-0.1, -0.05) is 17.3 Å². The van der Waals surface area contributed by atoms with Gasteiger partial charge in [-0.3, -0.25) is 15.0 Å². The minimum Gasteiger partial charge on any atom is -0.392 e. The Labute approximate surface area is 204 Å². The zero-order valence-electron chi connectivity index (χ0n) is 19.6. The van der Waals surface area contributed by atoms with Gasteiger partial charge in [0.15, 0.2) is 20.7 Å². The lowest BCUT2D eigenvalue weighted by molar-refractivity contribution is -0.110. The summed E-state index contributed by atoms with van der Waals surface area (Å²) < 4.78 is 23.6. The lowest BCUT2D eigenvalue weighted by Crippen LogP contribution is -2.43. The van der Waals surface area contributed by atoms with Gasteiger partial charge in [0.05, 0.1) is 4.90 Å². The maximum absolute atomic E-state index is 13.1. The molecular formula is C23H31N5O4S2. The molecule has 0 bridgehead atoms. The molecule has 0 atom stereocenters. The van der Waals surface area contributed by atoms with Crippen LogP contribution in [-0.4, -0.2) is 80.4 Å². The summed E-state index contributed by atoms with van der Waals surface area (Å²) in [5, 5.41) is 7.52. The molecule has 1 aromatic heterocycles.